The Balaban J connectivity index is 1.97. The van der Waals surface area contributed by atoms with Gasteiger partial charge in [-0.25, -0.2) is 0 Å². The number of rotatable bonds is 4. The molecular weight excluding hydrogens is 343 g/mol. The molecule has 0 spiro atoms. The van der Waals surface area contributed by atoms with Crippen molar-refractivity contribution in [2.24, 2.45) is 0 Å². The topological polar surface area (TPSA) is 12.0 Å². The average Bonchev–Trinajstić information content (AvgIpc) is 2.45. The summed E-state index contributed by atoms with van der Waals surface area (Å²) < 4.78 is 38.5. The van der Waals surface area contributed by atoms with Gasteiger partial charge in [-0.2, -0.15) is 13.2 Å². The summed E-state index contributed by atoms with van der Waals surface area (Å²) in [6.45, 7) is 2.59. The van der Waals surface area contributed by atoms with E-state index in [1.807, 2.05) is 31.2 Å². The summed E-state index contributed by atoms with van der Waals surface area (Å²) in [5.41, 5.74) is 1.34. The van der Waals surface area contributed by atoms with Crippen LogP contribution in [0.4, 0.5) is 13.2 Å². The first-order valence-electron chi connectivity index (χ1n) is 6.51. The number of hydrogen-bond acceptors (Lipinski definition) is 1. The van der Waals surface area contributed by atoms with Crippen molar-refractivity contribution in [2.45, 2.75) is 25.7 Å². The summed E-state index contributed by atoms with van der Waals surface area (Å²) in [5, 5.41) is 3.30. The summed E-state index contributed by atoms with van der Waals surface area (Å²) in [6.07, 6.45) is -4.29. The monoisotopic (exact) mass is 357 g/mol. The van der Waals surface area contributed by atoms with Crippen LogP contribution in [0, 0.1) is 0 Å². The zero-order chi connectivity index (χ0) is 15.5. The van der Waals surface area contributed by atoms with Crippen molar-refractivity contribution in [1.82, 2.24) is 5.32 Å². The highest BCUT2D eigenvalue weighted by molar-refractivity contribution is 9.10. The molecule has 0 heterocycles. The number of hydrogen-bond donors (Lipinski definition) is 1. The highest BCUT2D eigenvalue weighted by Gasteiger charge is 2.30. The predicted molar refractivity (Wildman–Crippen MR) is 80.8 cm³/mol. The number of halogens is 4. The lowest BCUT2D eigenvalue weighted by Gasteiger charge is -2.15. The van der Waals surface area contributed by atoms with Crippen LogP contribution >= 0.6 is 15.9 Å². The van der Waals surface area contributed by atoms with Gasteiger partial charge in [0.1, 0.15) is 0 Å². The molecule has 1 nitrogen and oxygen atoms in total. The summed E-state index contributed by atoms with van der Waals surface area (Å²) in [5.74, 6) is 0. The van der Waals surface area contributed by atoms with Crippen LogP contribution in [0.25, 0.3) is 0 Å². The Hall–Kier alpha value is -1.33. The first-order valence-corrected chi connectivity index (χ1v) is 7.30. The van der Waals surface area contributed by atoms with Gasteiger partial charge in [-0.05, 0) is 42.3 Å². The maximum atomic E-state index is 12.5. The lowest BCUT2D eigenvalue weighted by atomic mass is 10.1. The van der Waals surface area contributed by atoms with Gasteiger partial charge in [0.2, 0.25) is 0 Å². The third kappa shape index (κ3) is 4.58. The second-order valence-electron chi connectivity index (χ2n) is 4.85. The Morgan fingerprint density at radius 2 is 1.57 bits per heavy atom. The lowest BCUT2D eigenvalue weighted by Crippen LogP contribution is -2.18. The maximum Gasteiger partial charge on any atom is 0.416 e. The standard InChI is InChI=1S/C16H15BrF3N/c1-11(21-10-12-2-8-15(17)9-3-12)13-4-6-14(7-5-13)16(18,19)20/h2-9,11,21H,10H2,1H3. The van der Waals surface area contributed by atoms with Crippen LogP contribution in [-0.2, 0) is 12.7 Å². The third-order valence-corrected chi connectivity index (χ3v) is 3.79. The minimum atomic E-state index is -4.29. The zero-order valence-electron chi connectivity index (χ0n) is 11.4. The van der Waals surface area contributed by atoms with Gasteiger partial charge < -0.3 is 5.32 Å². The van der Waals surface area contributed by atoms with Crippen LogP contribution in [0.5, 0.6) is 0 Å². The van der Waals surface area contributed by atoms with Gasteiger partial charge in [-0.15, -0.1) is 0 Å². The largest absolute Gasteiger partial charge is 0.416 e. The summed E-state index contributed by atoms with van der Waals surface area (Å²) in [6, 6.07) is 13.2. The first-order chi connectivity index (χ1) is 9.86. The Bertz CT molecular complexity index is 576. The fraction of sp³-hybridized carbons (Fsp3) is 0.250. The van der Waals surface area contributed by atoms with Gasteiger partial charge in [0, 0.05) is 17.1 Å². The van der Waals surface area contributed by atoms with Crippen molar-refractivity contribution in [1.29, 1.82) is 0 Å². The van der Waals surface area contributed by atoms with Crippen molar-refractivity contribution in [3.63, 3.8) is 0 Å². The molecule has 0 aromatic heterocycles. The highest BCUT2D eigenvalue weighted by atomic mass is 79.9. The van der Waals surface area contributed by atoms with E-state index in [-0.39, 0.29) is 6.04 Å². The molecule has 112 valence electrons. The first kappa shape index (κ1) is 16.0. The van der Waals surface area contributed by atoms with Crippen molar-refractivity contribution >= 4 is 15.9 Å². The molecule has 5 heteroatoms. The molecule has 0 amide bonds. The quantitative estimate of drug-likeness (QED) is 0.780. The lowest BCUT2D eigenvalue weighted by molar-refractivity contribution is -0.137. The second kappa shape index (κ2) is 6.62. The van der Waals surface area contributed by atoms with Crippen LogP contribution in [-0.4, -0.2) is 0 Å². The molecule has 0 aliphatic carbocycles. The van der Waals surface area contributed by atoms with E-state index in [4.69, 9.17) is 0 Å². The Morgan fingerprint density at radius 3 is 2.10 bits per heavy atom. The minimum absolute atomic E-state index is 0.0177. The molecule has 1 N–H and O–H groups in total. The molecule has 2 rings (SSSR count). The van der Waals surface area contributed by atoms with Crippen LogP contribution in [0.3, 0.4) is 0 Å². The SMILES string of the molecule is CC(NCc1ccc(Br)cc1)c1ccc(C(F)(F)F)cc1. The van der Waals surface area contributed by atoms with E-state index < -0.39 is 11.7 Å². The van der Waals surface area contributed by atoms with E-state index in [1.54, 1.807) is 0 Å². The Morgan fingerprint density at radius 1 is 1.00 bits per heavy atom. The van der Waals surface area contributed by atoms with Gasteiger partial charge in [-0.1, -0.05) is 40.2 Å². The molecule has 2 aromatic rings. The molecule has 0 fully saturated rings. The zero-order valence-corrected chi connectivity index (χ0v) is 13.0. The Kier molecular flexibility index (Phi) is 5.06. The van der Waals surface area contributed by atoms with E-state index in [2.05, 4.69) is 21.2 Å². The molecule has 1 unspecified atom stereocenters. The molecule has 2 aromatic carbocycles. The predicted octanol–water partition coefficient (Wildman–Crippen LogP) is 5.32. The van der Waals surface area contributed by atoms with Gasteiger partial charge in [-0.3, -0.25) is 0 Å². The minimum Gasteiger partial charge on any atom is -0.306 e. The van der Waals surface area contributed by atoms with Crippen molar-refractivity contribution in [3.05, 3.63) is 69.7 Å². The van der Waals surface area contributed by atoms with Crippen LogP contribution < -0.4 is 5.32 Å². The van der Waals surface area contributed by atoms with Crippen LogP contribution in [0.1, 0.15) is 29.7 Å². The van der Waals surface area contributed by atoms with Crippen molar-refractivity contribution in [2.75, 3.05) is 0 Å². The van der Waals surface area contributed by atoms with Crippen molar-refractivity contribution < 1.29 is 13.2 Å². The fourth-order valence-electron chi connectivity index (χ4n) is 1.95. The molecule has 1 atom stereocenters. The van der Waals surface area contributed by atoms with Crippen molar-refractivity contribution in [3.8, 4) is 0 Å². The van der Waals surface area contributed by atoms with E-state index in [1.165, 1.54) is 12.1 Å². The molecule has 0 aliphatic rings. The molecule has 0 radical (unpaired) electrons. The average molecular weight is 358 g/mol. The molecule has 0 saturated carbocycles. The highest BCUT2D eigenvalue weighted by Crippen LogP contribution is 2.29. The summed E-state index contributed by atoms with van der Waals surface area (Å²) in [7, 11) is 0. The molecule has 0 aliphatic heterocycles. The maximum absolute atomic E-state index is 12.5. The normalized spacial score (nSPS) is 13.2. The molecule has 0 bridgehead atoms. The molecule has 0 saturated heterocycles. The molecular formula is C16H15BrF3N. The van der Waals surface area contributed by atoms with Gasteiger partial charge in [0.15, 0.2) is 0 Å². The second-order valence-corrected chi connectivity index (χ2v) is 5.76. The fourth-order valence-corrected chi connectivity index (χ4v) is 2.22. The van der Waals surface area contributed by atoms with Crippen LogP contribution in [0.15, 0.2) is 53.0 Å². The third-order valence-electron chi connectivity index (χ3n) is 3.26. The van der Waals surface area contributed by atoms with Crippen LogP contribution in [0.2, 0.25) is 0 Å². The number of nitrogens with one attached hydrogen (secondary N) is 1. The van der Waals surface area contributed by atoms with Gasteiger partial charge in [0.05, 0.1) is 5.56 Å². The molecule has 21 heavy (non-hydrogen) atoms. The van der Waals surface area contributed by atoms with Gasteiger partial charge >= 0.3 is 6.18 Å². The Labute approximate surface area is 130 Å². The van der Waals surface area contributed by atoms with Gasteiger partial charge in [0.25, 0.3) is 0 Å². The summed E-state index contributed by atoms with van der Waals surface area (Å²) in [4.78, 5) is 0. The van der Waals surface area contributed by atoms with E-state index >= 15 is 0 Å². The number of alkyl halides is 3. The van der Waals surface area contributed by atoms with E-state index in [9.17, 15) is 13.2 Å². The number of benzene rings is 2. The van der Waals surface area contributed by atoms with E-state index in [0.29, 0.717) is 6.54 Å². The van der Waals surface area contributed by atoms with E-state index in [0.717, 1.165) is 27.7 Å². The smallest absolute Gasteiger partial charge is 0.306 e. The summed E-state index contributed by atoms with van der Waals surface area (Å²) >= 11 is 3.37.